The number of aryl methyl sites for hydroxylation is 1. The zero-order valence-electron chi connectivity index (χ0n) is 11.1. The van der Waals surface area contributed by atoms with E-state index in [2.05, 4.69) is 23.3 Å². The Hall–Kier alpha value is -1.70. The Balaban J connectivity index is 1.58. The maximum atomic E-state index is 12.3. The van der Waals surface area contributed by atoms with Crippen LogP contribution in [0.25, 0.3) is 15.3 Å². The molecule has 4 aromatic heterocycles. The Morgan fingerprint density at radius 1 is 1.38 bits per heavy atom. The van der Waals surface area contributed by atoms with Crippen LogP contribution in [0.3, 0.4) is 0 Å². The van der Waals surface area contributed by atoms with E-state index in [1.807, 2.05) is 27.4 Å². The van der Waals surface area contributed by atoms with Crippen LogP contribution in [0.1, 0.15) is 20.1 Å². The minimum atomic E-state index is -0.0326. The largest absolute Gasteiger partial charge is 0.346 e. The molecule has 0 bridgehead atoms. The van der Waals surface area contributed by atoms with Crippen LogP contribution in [0.2, 0.25) is 0 Å². The summed E-state index contributed by atoms with van der Waals surface area (Å²) in [6, 6.07) is 3.99. The fourth-order valence-corrected chi connectivity index (χ4v) is 4.75. The minimum Gasteiger partial charge on any atom is -0.346 e. The first-order valence-corrected chi connectivity index (χ1v) is 8.96. The van der Waals surface area contributed by atoms with Gasteiger partial charge < -0.3 is 5.32 Å². The number of imidazole rings is 1. The number of nitrogens with one attached hydrogen (secondary N) is 1. The molecule has 0 saturated carbocycles. The van der Waals surface area contributed by atoms with Gasteiger partial charge in [0, 0.05) is 16.5 Å². The van der Waals surface area contributed by atoms with Crippen LogP contribution < -0.4 is 5.32 Å². The Kier molecular flexibility index (Phi) is 3.06. The molecule has 0 atom stereocenters. The molecule has 106 valence electrons. The van der Waals surface area contributed by atoms with Gasteiger partial charge in [-0.1, -0.05) is 0 Å². The molecule has 1 N–H and O–H groups in total. The van der Waals surface area contributed by atoms with Gasteiger partial charge in [-0.15, -0.1) is 34.0 Å². The van der Waals surface area contributed by atoms with Crippen LogP contribution in [0.5, 0.6) is 0 Å². The molecule has 0 aliphatic carbocycles. The number of thiazole rings is 1. The maximum absolute atomic E-state index is 12.3. The molecule has 0 unspecified atom stereocenters. The molecule has 0 spiro atoms. The van der Waals surface area contributed by atoms with Crippen molar-refractivity contribution >= 4 is 55.2 Å². The highest BCUT2D eigenvalue weighted by molar-refractivity contribution is 7.21. The number of fused-ring (bicyclic) bond motifs is 3. The third-order valence-electron chi connectivity index (χ3n) is 3.34. The van der Waals surface area contributed by atoms with Gasteiger partial charge in [-0.05, 0) is 30.0 Å². The summed E-state index contributed by atoms with van der Waals surface area (Å²) < 4.78 is 2.02. The molecule has 0 fully saturated rings. The van der Waals surface area contributed by atoms with Gasteiger partial charge in [-0.2, -0.15) is 0 Å². The topological polar surface area (TPSA) is 46.4 Å². The first-order chi connectivity index (χ1) is 10.2. The van der Waals surface area contributed by atoms with E-state index < -0.39 is 0 Å². The van der Waals surface area contributed by atoms with Crippen LogP contribution in [0.15, 0.2) is 29.1 Å². The molecule has 0 aliphatic heterocycles. The van der Waals surface area contributed by atoms with E-state index in [0.29, 0.717) is 11.4 Å². The first kappa shape index (κ1) is 13.0. The summed E-state index contributed by atoms with van der Waals surface area (Å²) in [4.78, 5) is 20.6. The second kappa shape index (κ2) is 4.94. The van der Waals surface area contributed by atoms with Crippen molar-refractivity contribution in [1.82, 2.24) is 14.7 Å². The van der Waals surface area contributed by atoms with E-state index in [4.69, 9.17) is 0 Å². The molecule has 7 heteroatoms. The standard InChI is InChI=1S/C14H11N3OS3/c1-8-2-4-19-11(8)7-15-12(18)10-6-9-13(21-10)16-14-17(9)3-5-20-14/h2-6H,7H2,1H3,(H,15,18). The van der Waals surface area contributed by atoms with Crippen LogP contribution in [-0.2, 0) is 6.54 Å². The lowest BCUT2D eigenvalue weighted by Crippen LogP contribution is -2.21. The van der Waals surface area contributed by atoms with Gasteiger partial charge in [0.25, 0.3) is 5.91 Å². The number of thiophene rings is 2. The smallest absolute Gasteiger partial charge is 0.261 e. The van der Waals surface area contributed by atoms with Crippen LogP contribution >= 0.6 is 34.0 Å². The van der Waals surface area contributed by atoms with Crippen LogP contribution in [0, 0.1) is 6.92 Å². The normalized spacial score (nSPS) is 11.5. The lowest BCUT2D eigenvalue weighted by atomic mass is 10.3. The van der Waals surface area contributed by atoms with Crippen molar-refractivity contribution in [2.75, 3.05) is 0 Å². The van der Waals surface area contributed by atoms with Crippen LogP contribution in [0.4, 0.5) is 0 Å². The summed E-state index contributed by atoms with van der Waals surface area (Å²) in [6.07, 6.45) is 1.98. The van der Waals surface area contributed by atoms with Gasteiger partial charge in [0.05, 0.1) is 16.9 Å². The zero-order valence-corrected chi connectivity index (χ0v) is 13.6. The van der Waals surface area contributed by atoms with E-state index in [0.717, 1.165) is 15.3 Å². The highest BCUT2D eigenvalue weighted by atomic mass is 32.1. The summed E-state index contributed by atoms with van der Waals surface area (Å²) in [5, 5.41) is 7.03. The summed E-state index contributed by atoms with van der Waals surface area (Å²) >= 11 is 4.71. The summed E-state index contributed by atoms with van der Waals surface area (Å²) in [5.41, 5.74) is 2.23. The number of hydrogen-bond donors (Lipinski definition) is 1. The van der Waals surface area contributed by atoms with Gasteiger partial charge in [-0.25, -0.2) is 4.98 Å². The molecule has 1 amide bonds. The average molecular weight is 333 g/mol. The minimum absolute atomic E-state index is 0.0326. The quantitative estimate of drug-likeness (QED) is 0.618. The van der Waals surface area contributed by atoms with E-state index >= 15 is 0 Å². The van der Waals surface area contributed by atoms with Gasteiger partial charge in [0.15, 0.2) is 4.96 Å². The predicted octanol–water partition coefficient (Wildman–Crippen LogP) is 3.91. The molecule has 4 heterocycles. The van der Waals surface area contributed by atoms with Crippen LogP contribution in [-0.4, -0.2) is 15.3 Å². The Labute approximate surface area is 132 Å². The zero-order chi connectivity index (χ0) is 14.4. The van der Waals surface area contributed by atoms with E-state index in [1.165, 1.54) is 21.8 Å². The van der Waals surface area contributed by atoms with Gasteiger partial charge in [0.2, 0.25) is 0 Å². The van der Waals surface area contributed by atoms with Crippen molar-refractivity contribution in [3.63, 3.8) is 0 Å². The summed E-state index contributed by atoms with van der Waals surface area (Å²) in [6.45, 7) is 2.64. The molecule has 0 aromatic carbocycles. The Morgan fingerprint density at radius 2 is 2.29 bits per heavy atom. The SMILES string of the molecule is Cc1ccsc1CNC(=O)c1cc2c(nc3sccn32)s1. The molecule has 4 aromatic rings. The third-order valence-corrected chi connectivity index (χ3v) is 6.14. The molecule has 0 saturated heterocycles. The van der Waals surface area contributed by atoms with E-state index in [-0.39, 0.29) is 5.91 Å². The molecule has 21 heavy (non-hydrogen) atoms. The highest BCUT2D eigenvalue weighted by Crippen LogP contribution is 2.28. The number of hydrogen-bond acceptors (Lipinski definition) is 5. The number of nitrogens with zero attached hydrogens (tertiary/aromatic N) is 2. The van der Waals surface area contributed by atoms with Gasteiger partial charge in [-0.3, -0.25) is 9.20 Å². The Morgan fingerprint density at radius 3 is 3.10 bits per heavy atom. The molecular weight excluding hydrogens is 322 g/mol. The van der Waals surface area contributed by atoms with Crippen molar-refractivity contribution in [1.29, 1.82) is 0 Å². The third kappa shape index (κ3) is 2.17. The Bertz CT molecular complexity index is 943. The van der Waals surface area contributed by atoms with Gasteiger partial charge >= 0.3 is 0 Å². The van der Waals surface area contributed by atoms with Crippen molar-refractivity contribution in [3.05, 3.63) is 44.4 Å². The number of aromatic nitrogens is 2. The fraction of sp³-hybridized carbons (Fsp3) is 0.143. The van der Waals surface area contributed by atoms with Crippen molar-refractivity contribution < 1.29 is 4.79 Å². The average Bonchev–Trinajstić information content (AvgIpc) is 3.17. The maximum Gasteiger partial charge on any atom is 0.261 e. The van der Waals surface area contributed by atoms with Crippen molar-refractivity contribution in [2.24, 2.45) is 0 Å². The van der Waals surface area contributed by atoms with Crippen molar-refractivity contribution in [3.8, 4) is 0 Å². The first-order valence-electron chi connectivity index (χ1n) is 6.38. The molecular formula is C14H11N3OS3. The van der Waals surface area contributed by atoms with E-state index in [9.17, 15) is 4.79 Å². The summed E-state index contributed by atoms with van der Waals surface area (Å²) in [7, 11) is 0. The molecule has 0 radical (unpaired) electrons. The molecule has 4 rings (SSSR count). The van der Waals surface area contributed by atoms with E-state index in [1.54, 1.807) is 22.7 Å². The summed E-state index contributed by atoms with van der Waals surface area (Å²) in [5.74, 6) is -0.0326. The second-order valence-corrected chi connectivity index (χ2v) is 7.58. The number of carbonyl (C=O) groups excluding carboxylic acids is 1. The lowest BCUT2D eigenvalue weighted by molar-refractivity contribution is 0.0955. The lowest BCUT2D eigenvalue weighted by Gasteiger charge is -2.02. The van der Waals surface area contributed by atoms with Crippen molar-refractivity contribution in [2.45, 2.75) is 13.5 Å². The van der Waals surface area contributed by atoms with Gasteiger partial charge in [0.1, 0.15) is 4.83 Å². The number of rotatable bonds is 3. The molecule has 0 aliphatic rings. The second-order valence-electron chi connectivity index (χ2n) is 4.68. The molecule has 4 nitrogen and oxygen atoms in total. The predicted molar refractivity (Wildman–Crippen MR) is 88.7 cm³/mol. The fourth-order valence-electron chi connectivity index (χ4n) is 2.19. The monoisotopic (exact) mass is 333 g/mol. The number of carbonyl (C=O) groups is 1. The number of amides is 1. The highest BCUT2D eigenvalue weighted by Gasteiger charge is 2.15.